The number of aromatic nitrogens is 1. The van der Waals surface area contributed by atoms with E-state index in [0.29, 0.717) is 43.7 Å². The molecule has 1 aromatic heterocycles. The zero-order chi connectivity index (χ0) is 21.5. The minimum absolute atomic E-state index is 0.00416. The van der Waals surface area contributed by atoms with Gasteiger partial charge in [-0.15, -0.1) is 0 Å². The summed E-state index contributed by atoms with van der Waals surface area (Å²) in [7, 11) is 0. The van der Waals surface area contributed by atoms with Crippen LogP contribution in [0.4, 0.5) is 5.88 Å². The van der Waals surface area contributed by atoms with Crippen molar-refractivity contribution in [3.63, 3.8) is 0 Å². The van der Waals surface area contributed by atoms with E-state index in [1.165, 1.54) is 0 Å². The van der Waals surface area contributed by atoms with E-state index < -0.39 is 0 Å². The fourth-order valence-electron chi connectivity index (χ4n) is 3.33. The average molecular weight is 414 g/mol. The predicted molar refractivity (Wildman–Crippen MR) is 117 cm³/mol. The Morgan fingerprint density at radius 3 is 2.39 bits per heavy atom. The molecule has 31 heavy (non-hydrogen) atoms. The number of para-hydroxylation sites is 1. The van der Waals surface area contributed by atoms with Crippen LogP contribution in [0.2, 0.25) is 0 Å². The third-order valence-electron chi connectivity index (χ3n) is 4.97. The second-order valence-electron chi connectivity index (χ2n) is 7.03. The van der Waals surface area contributed by atoms with Gasteiger partial charge in [0, 0.05) is 32.3 Å². The van der Waals surface area contributed by atoms with Gasteiger partial charge in [0.15, 0.2) is 6.61 Å². The summed E-state index contributed by atoms with van der Waals surface area (Å²) in [6.07, 6.45) is 3.64. The normalized spacial score (nSPS) is 13.9. The lowest BCUT2D eigenvalue weighted by Crippen LogP contribution is -2.50. The summed E-state index contributed by atoms with van der Waals surface area (Å²) in [4.78, 5) is 20.4. The molecule has 0 bridgehead atoms. The van der Waals surface area contributed by atoms with Crippen LogP contribution in [0.1, 0.15) is 17.1 Å². The zero-order valence-corrected chi connectivity index (χ0v) is 17.0. The summed E-state index contributed by atoms with van der Waals surface area (Å²) in [5, 5.41) is 9.46. The molecule has 0 aliphatic carbocycles. The number of carbonyl (C=O) groups excluding carboxylic acids is 1. The van der Waals surface area contributed by atoms with Crippen molar-refractivity contribution in [1.29, 1.82) is 5.26 Å². The van der Waals surface area contributed by atoms with Crippen LogP contribution in [-0.4, -0.2) is 48.6 Å². The van der Waals surface area contributed by atoms with E-state index in [9.17, 15) is 10.1 Å². The monoisotopic (exact) mass is 414 g/mol. The molecule has 1 aliphatic rings. The largest absolute Gasteiger partial charge is 0.484 e. The van der Waals surface area contributed by atoms with Crippen molar-refractivity contribution < 1.29 is 13.9 Å². The van der Waals surface area contributed by atoms with Gasteiger partial charge in [-0.1, -0.05) is 48.5 Å². The van der Waals surface area contributed by atoms with Crippen molar-refractivity contribution in [2.24, 2.45) is 0 Å². The number of rotatable bonds is 6. The molecule has 0 N–H and O–H groups in total. The second-order valence-corrected chi connectivity index (χ2v) is 7.03. The van der Waals surface area contributed by atoms with Gasteiger partial charge >= 0.3 is 0 Å². The van der Waals surface area contributed by atoms with E-state index in [4.69, 9.17) is 9.15 Å². The molecule has 0 atom stereocenters. The van der Waals surface area contributed by atoms with Gasteiger partial charge in [-0.25, -0.2) is 0 Å². The van der Waals surface area contributed by atoms with Gasteiger partial charge in [0.05, 0.1) is 0 Å². The molecular formula is C24H22N4O3. The summed E-state index contributed by atoms with van der Waals surface area (Å²) in [5.74, 6) is 1.44. The molecule has 1 aliphatic heterocycles. The molecular weight excluding hydrogens is 392 g/mol. The number of ether oxygens (including phenoxy) is 1. The first-order chi connectivity index (χ1) is 15.2. The Bertz CT molecular complexity index is 1080. The summed E-state index contributed by atoms with van der Waals surface area (Å²) >= 11 is 0. The Balaban J connectivity index is 1.35. The van der Waals surface area contributed by atoms with E-state index in [2.05, 4.69) is 11.1 Å². The average Bonchev–Trinajstić information content (AvgIpc) is 3.26. The maximum atomic E-state index is 12.4. The number of nitrogens with zero attached hydrogens (tertiary/aromatic N) is 4. The first-order valence-electron chi connectivity index (χ1n) is 10.1. The van der Waals surface area contributed by atoms with Crippen LogP contribution in [-0.2, 0) is 4.79 Å². The molecule has 0 saturated carbocycles. The highest BCUT2D eigenvalue weighted by molar-refractivity contribution is 5.78. The molecule has 3 aromatic rings. The predicted octanol–water partition coefficient (Wildman–Crippen LogP) is 3.44. The first kappa shape index (κ1) is 20.2. The quantitative estimate of drug-likeness (QED) is 0.615. The van der Waals surface area contributed by atoms with Crippen LogP contribution < -0.4 is 9.64 Å². The van der Waals surface area contributed by atoms with Gasteiger partial charge in [-0.3, -0.25) is 4.79 Å². The van der Waals surface area contributed by atoms with E-state index >= 15 is 0 Å². The van der Waals surface area contributed by atoms with Gasteiger partial charge < -0.3 is 19.0 Å². The lowest BCUT2D eigenvalue weighted by atomic mass is 10.2. The molecule has 156 valence electrons. The van der Waals surface area contributed by atoms with Crippen molar-refractivity contribution in [3.05, 3.63) is 77.8 Å². The number of nitriles is 1. The molecule has 7 nitrogen and oxygen atoms in total. The second kappa shape index (κ2) is 9.63. The molecule has 0 spiro atoms. The Morgan fingerprint density at radius 1 is 1.03 bits per heavy atom. The van der Waals surface area contributed by atoms with Gasteiger partial charge in [-0.05, 0) is 23.8 Å². The number of hydrogen-bond acceptors (Lipinski definition) is 6. The van der Waals surface area contributed by atoms with Crippen LogP contribution >= 0.6 is 0 Å². The van der Waals surface area contributed by atoms with Gasteiger partial charge in [0.2, 0.25) is 17.5 Å². The number of anilines is 1. The van der Waals surface area contributed by atoms with Crippen molar-refractivity contribution in [2.45, 2.75) is 0 Å². The number of oxazole rings is 1. The third kappa shape index (κ3) is 5.11. The number of hydrogen-bond donors (Lipinski definition) is 0. The highest BCUT2D eigenvalue weighted by atomic mass is 16.5. The summed E-state index contributed by atoms with van der Waals surface area (Å²) in [6, 6.07) is 21.2. The first-order valence-corrected chi connectivity index (χ1v) is 10.1. The van der Waals surface area contributed by atoms with Crippen LogP contribution in [0.3, 0.4) is 0 Å². The third-order valence-corrected chi connectivity index (χ3v) is 4.97. The minimum atomic E-state index is -0.0620. The molecule has 2 aromatic carbocycles. The molecule has 1 amide bonds. The maximum Gasteiger partial charge on any atom is 0.260 e. The van der Waals surface area contributed by atoms with Gasteiger partial charge in [0.1, 0.15) is 11.8 Å². The SMILES string of the molecule is N#Cc1nc(C=Cc2ccccc2)oc1N1CCN(C(=O)COc2ccccc2)CC1. The Morgan fingerprint density at radius 2 is 1.71 bits per heavy atom. The number of amides is 1. The zero-order valence-electron chi connectivity index (χ0n) is 17.0. The molecule has 2 heterocycles. The molecule has 0 unspecified atom stereocenters. The molecule has 1 fully saturated rings. The molecule has 4 rings (SSSR count). The van der Waals surface area contributed by atoms with Crippen LogP contribution in [0.5, 0.6) is 5.75 Å². The number of benzene rings is 2. The molecule has 0 radical (unpaired) electrons. The van der Waals surface area contributed by atoms with E-state index in [-0.39, 0.29) is 18.2 Å². The van der Waals surface area contributed by atoms with Crippen molar-refractivity contribution in [2.75, 3.05) is 37.7 Å². The highest BCUT2D eigenvalue weighted by Gasteiger charge is 2.26. The number of piperazine rings is 1. The van der Waals surface area contributed by atoms with Crippen molar-refractivity contribution in [1.82, 2.24) is 9.88 Å². The highest BCUT2D eigenvalue weighted by Crippen LogP contribution is 2.24. The Kier molecular flexibility index (Phi) is 6.29. The fourth-order valence-corrected chi connectivity index (χ4v) is 3.33. The van der Waals surface area contributed by atoms with Crippen molar-refractivity contribution >= 4 is 23.9 Å². The van der Waals surface area contributed by atoms with E-state index in [1.807, 2.05) is 71.6 Å². The maximum absolute atomic E-state index is 12.4. The van der Waals surface area contributed by atoms with Gasteiger partial charge in [-0.2, -0.15) is 10.2 Å². The topological polar surface area (TPSA) is 82.6 Å². The standard InChI is InChI=1S/C24H22N4O3/c25-17-21-24(31-22(26-21)12-11-19-7-3-1-4-8-19)28-15-13-27(14-16-28)23(29)18-30-20-9-5-2-6-10-20/h1-12H,13-16,18H2. The Hall–Kier alpha value is -4.05. The van der Waals surface area contributed by atoms with Crippen LogP contribution in [0, 0.1) is 11.3 Å². The fraction of sp³-hybridized carbons (Fsp3) is 0.208. The Labute approximate surface area is 180 Å². The van der Waals surface area contributed by atoms with Crippen LogP contribution in [0.15, 0.2) is 65.1 Å². The lowest BCUT2D eigenvalue weighted by Gasteiger charge is -2.34. The van der Waals surface area contributed by atoms with Crippen LogP contribution in [0.25, 0.3) is 12.2 Å². The number of carbonyl (C=O) groups is 1. The van der Waals surface area contributed by atoms with Crippen molar-refractivity contribution in [3.8, 4) is 11.8 Å². The molecule has 7 heteroatoms. The van der Waals surface area contributed by atoms with E-state index in [0.717, 1.165) is 5.56 Å². The summed E-state index contributed by atoms with van der Waals surface area (Å²) < 4.78 is 11.4. The lowest BCUT2D eigenvalue weighted by molar-refractivity contribution is -0.133. The van der Waals surface area contributed by atoms with Gasteiger partial charge in [0.25, 0.3) is 5.91 Å². The van der Waals surface area contributed by atoms with E-state index in [1.54, 1.807) is 11.0 Å². The summed E-state index contributed by atoms with van der Waals surface area (Å²) in [5.41, 5.74) is 1.27. The molecule has 1 saturated heterocycles. The summed E-state index contributed by atoms with van der Waals surface area (Å²) in [6.45, 7) is 2.17. The smallest absolute Gasteiger partial charge is 0.260 e. The minimum Gasteiger partial charge on any atom is -0.484 e.